The molecule has 1 aliphatic heterocycles. The number of sulfonamides is 1. The fourth-order valence-electron chi connectivity index (χ4n) is 3.04. The van der Waals surface area contributed by atoms with Crippen LogP contribution in [0.25, 0.3) is 17.2 Å². The molecule has 1 saturated heterocycles. The number of rotatable bonds is 5. The SMILES string of the molecule is C=Cc1ccc(-c2ccc(S(=O)(=O)N3CCC[C@H]3C(=O)O)cc2)cc1. The van der Waals surface area contributed by atoms with Gasteiger partial charge in [0.25, 0.3) is 0 Å². The second-order valence-electron chi connectivity index (χ2n) is 5.96. The molecular formula is C19H19NO4S. The summed E-state index contributed by atoms with van der Waals surface area (Å²) >= 11 is 0. The fourth-order valence-corrected chi connectivity index (χ4v) is 4.69. The number of nitrogens with zero attached hydrogens (tertiary/aromatic N) is 1. The number of carboxylic acid groups (broad SMARTS) is 1. The lowest BCUT2D eigenvalue weighted by molar-refractivity contribution is -0.140. The van der Waals surface area contributed by atoms with E-state index in [1.54, 1.807) is 18.2 Å². The second kappa shape index (κ2) is 6.82. The van der Waals surface area contributed by atoms with Crippen LogP contribution in [0.3, 0.4) is 0 Å². The third-order valence-electron chi connectivity index (χ3n) is 4.43. The lowest BCUT2D eigenvalue weighted by Gasteiger charge is -2.21. The molecule has 1 heterocycles. The van der Waals surface area contributed by atoms with E-state index in [2.05, 4.69) is 6.58 Å². The smallest absolute Gasteiger partial charge is 0.322 e. The predicted molar refractivity (Wildman–Crippen MR) is 96.5 cm³/mol. The van der Waals surface area contributed by atoms with Gasteiger partial charge < -0.3 is 5.11 Å². The molecule has 0 aromatic heterocycles. The minimum absolute atomic E-state index is 0.118. The Labute approximate surface area is 147 Å². The molecule has 1 N–H and O–H groups in total. The van der Waals surface area contributed by atoms with E-state index in [1.165, 1.54) is 12.1 Å². The third-order valence-corrected chi connectivity index (χ3v) is 6.35. The first kappa shape index (κ1) is 17.4. The van der Waals surface area contributed by atoms with Crippen LogP contribution in [-0.4, -0.2) is 36.4 Å². The zero-order chi connectivity index (χ0) is 18.0. The number of hydrogen-bond acceptors (Lipinski definition) is 3. The molecule has 2 aromatic rings. The van der Waals surface area contributed by atoms with E-state index in [1.807, 2.05) is 24.3 Å². The zero-order valence-corrected chi connectivity index (χ0v) is 14.4. The minimum Gasteiger partial charge on any atom is -0.480 e. The van der Waals surface area contributed by atoms with Crippen molar-refractivity contribution in [2.24, 2.45) is 0 Å². The monoisotopic (exact) mass is 357 g/mol. The molecule has 3 rings (SSSR count). The third kappa shape index (κ3) is 3.36. The summed E-state index contributed by atoms with van der Waals surface area (Å²) in [5, 5.41) is 9.22. The van der Waals surface area contributed by atoms with Gasteiger partial charge >= 0.3 is 5.97 Å². The molecule has 0 saturated carbocycles. The van der Waals surface area contributed by atoms with Crippen LogP contribution in [0.2, 0.25) is 0 Å². The van der Waals surface area contributed by atoms with Gasteiger partial charge in [0.1, 0.15) is 6.04 Å². The highest BCUT2D eigenvalue weighted by Crippen LogP contribution is 2.28. The Morgan fingerprint density at radius 1 is 1.08 bits per heavy atom. The zero-order valence-electron chi connectivity index (χ0n) is 13.6. The van der Waals surface area contributed by atoms with E-state index in [0.29, 0.717) is 12.8 Å². The standard InChI is InChI=1S/C19H19NO4S/c1-2-14-5-7-15(8-6-14)16-9-11-17(12-10-16)25(23,24)20-13-3-4-18(20)19(21)22/h2,5-12,18H,1,3-4,13H2,(H,21,22)/t18-/m0/s1. The molecule has 1 aliphatic rings. The van der Waals surface area contributed by atoms with Gasteiger partial charge in [0.2, 0.25) is 10.0 Å². The molecule has 1 fully saturated rings. The van der Waals surface area contributed by atoms with Crippen molar-refractivity contribution in [1.82, 2.24) is 4.31 Å². The van der Waals surface area contributed by atoms with Gasteiger partial charge in [0.05, 0.1) is 4.90 Å². The highest BCUT2D eigenvalue weighted by atomic mass is 32.2. The first-order chi connectivity index (χ1) is 11.9. The number of carboxylic acids is 1. The Bertz CT molecular complexity index is 886. The average Bonchev–Trinajstić information content (AvgIpc) is 3.13. The first-order valence-electron chi connectivity index (χ1n) is 8.01. The molecule has 2 aromatic carbocycles. The molecule has 25 heavy (non-hydrogen) atoms. The van der Waals surface area contributed by atoms with Crippen LogP contribution in [0.15, 0.2) is 60.0 Å². The molecule has 0 unspecified atom stereocenters. The summed E-state index contributed by atoms with van der Waals surface area (Å²) in [6, 6.07) is 13.3. The summed E-state index contributed by atoms with van der Waals surface area (Å²) in [6.45, 7) is 3.96. The maximum atomic E-state index is 12.7. The van der Waals surface area contributed by atoms with Gasteiger partial charge in [0, 0.05) is 6.54 Å². The molecule has 0 spiro atoms. The van der Waals surface area contributed by atoms with Crippen LogP contribution in [0.4, 0.5) is 0 Å². The summed E-state index contributed by atoms with van der Waals surface area (Å²) in [5.74, 6) is -1.10. The molecule has 130 valence electrons. The molecule has 6 heteroatoms. The lowest BCUT2D eigenvalue weighted by Crippen LogP contribution is -2.40. The number of carbonyl (C=O) groups is 1. The fraction of sp³-hybridized carbons (Fsp3) is 0.211. The van der Waals surface area contributed by atoms with E-state index >= 15 is 0 Å². The maximum absolute atomic E-state index is 12.7. The Morgan fingerprint density at radius 3 is 2.16 bits per heavy atom. The highest BCUT2D eigenvalue weighted by molar-refractivity contribution is 7.89. The van der Waals surface area contributed by atoms with Crippen LogP contribution in [0, 0.1) is 0 Å². The highest BCUT2D eigenvalue weighted by Gasteiger charge is 2.39. The Balaban J connectivity index is 1.88. The number of benzene rings is 2. The van der Waals surface area contributed by atoms with Crippen molar-refractivity contribution < 1.29 is 18.3 Å². The van der Waals surface area contributed by atoms with E-state index in [4.69, 9.17) is 0 Å². The first-order valence-corrected chi connectivity index (χ1v) is 9.45. The van der Waals surface area contributed by atoms with Gasteiger partial charge in [-0.1, -0.05) is 49.1 Å². The van der Waals surface area contributed by atoms with E-state index in [9.17, 15) is 18.3 Å². The predicted octanol–water partition coefficient (Wildman–Crippen LogP) is 3.23. The largest absolute Gasteiger partial charge is 0.480 e. The van der Waals surface area contributed by atoms with Gasteiger partial charge in [-0.15, -0.1) is 0 Å². The molecule has 1 atom stereocenters. The van der Waals surface area contributed by atoms with Crippen LogP contribution < -0.4 is 0 Å². The van der Waals surface area contributed by atoms with Crippen LogP contribution in [0.1, 0.15) is 18.4 Å². The molecule has 0 bridgehead atoms. The van der Waals surface area contributed by atoms with Gasteiger partial charge in [-0.3, -0.25) is 4.79 Å². The second-order valence-corrected chi connectivity index (χ2v) is 7.85. The topological polar surface area (TPSA) is 74.7 Å². The summed E-state index contributed by atoms with van der Waals surface area (Å²) in [6.07, 6.45) is 2.67. The van der Waals surface area contributed by atoms with E-state index < -0.39 is 22.0 Å². The normalized spacial score (nSPS) is 18.2. The van der Waals surface area contributed by atoms with Gasteiger partial charge in [-0.05, 0) is 41.7 Å². The maximum Gasteiger partial charge on any atom is 0.322 e. The van der Waals surface area contributed by atoms with Gasteiger partial charge in [-0.2, -0.15) is 4.31 Å². The van der Waals surface area contributed by atoms with Crippen molar-refractivity contribution in [2.75, 3.05) is 6.54 Å². The minimum atomic E-state index is -3.80. The van der Waals surface area contributed by atoms with Crippen molar-refractivity contribution in [3.05, 3.63) is 60.7 Å². The lowest BCUT2D eigenvalue weighted by atomic mass is 10.0. The number of hydrogen-bond donors (Lipinski definition) is 1. The molecule has 0 radical (unpaired) electrons. The van der Waals surface area contributed by atoms with Crippen molar-refractivity contribution in [2.45, 2.75) is 23.8 Å². The van der Waals surface area contributed by atoms with Crippen molar-refractivity contribution >= 4 is 22.1 Å². The molecule has 0 aliphatic carbocycles. The number of aliphatic carboxylic acids is 1. The van der Waals surface area contributed by atoms with Gasteiger partial charge in [-0.25, -0.2) is 8.42 Å². The van der Waals surface area contributed by atoms with Crippen LogP contribution in [-0.2, 0) is 14.8 Å². The van der Waals surface area contributed by atoms with Crippen molar-refractivity contribution in [3.8, 4) is 11.1 Å². The van der Waals surface area contributed by atoms with Gasteiger partial charge in [0.15, 0.2) is 0 Å². The molecule has 5 nitrogen and oxygen atoms in total. The summed E-state index contributed by atoms with van der Waals surface area (Å²) < 4.78 is 26.6. The Hall–Kier alpha value is -2.44. The van der Waals surface area contributed by atoms with Crippen molar-refractivity contribution in [1.29, 1.82) is 0 Å². The summed E-state index contributed by atoms with van der Waals surface area (Å²) in [5.41, 5.74) is 2.88. The van der Waals surface area contributed by atoms with E-state index in [-0.39, 0.29) is 11.4 Å². The molecular weight excluding hydrogens is 338 g/mol. The van der Waals surface area contributed by atoms with Crippen LogP contribution >= 0.6 is 0 Å². The quantitative estimate of drug-likeness (QED) is 0.891. The van der Waals surface area contributed by atoms with E-state index in [0.717, 1.165) is 21.0 Å². The summed E-state index contributed by atoms with van der Waals surface area (Å²) in [4.78, 5) is 11.4. The average molecular weight is 357 g/mol. The summed E-state index contributed by atoms with van der Waals surface area (Å²) in [7, 11) is -3.80. The van der Waals surface area contributed by atoms with Crippen LogP contribution in [0.5, 0.6) is 0 Å². The Morgan fingerprint density at radius 2 is 1.64 bits per heavy atom. The Kier molecular flexibility index (Phi) is 4.74. The van der Waals surface area contributed by atoms with Crippen molar-refractivity contribution in [3.63, 3.8) is 0 Å². The molecule has 0 amide bonds.